The summed E-state index contributed by atoms with van der Waals surface area (Å²) >= 11 is 0. The van der Waals surface area contributed by atoms with Gasteiger partial charge in [0.25, 0.3) is 11.8 Å². The Kier molecular flexibility index (Phi) is 5.17. The van der Waals surface area contributed by atoms with Crippen molar-refractivity contribution in [3.05, 3.63) is 77.9 Å². The average Bonchev–Trinajstić information content (AvgIpc) is 2.66. The fourth-order valence-corrected chi connectivity index (χ4v) is 2.50. The van der Waals surface area contributed by atoms with Gasteiger partial charge in [-0.2, -0.15) is 0 Å². The Hall–Kier alpha value is -3.34. The number of hydrogen-bond acceptors (Lipinski definition) is 3. The molecule has 0 aromatic heterocycles. The van der Waals surface area contributed by atoms with E-state index in [0.717, 1.165) is 16.3 Å². The lowest BCUT2D eigenvalue weighted by Crippen LogP contribution is -2.47. The fourth-order valence-electron chi connectivity index (χ4n) is 2.50. The van der Waals surface area contributed by atoms with Crippen LogP contribution in [0.2, 0.25) is 0 Å². The summed E-state index contributed by atoms with van der Waals surface area (Å²) in [4.78, 5) is 24.2. The minimum atomic E-state index is -0.755. The Morgan fingerprint density at radius 2 is 1.58 bits per heavy atom. The highest BCUT2D eigenvalue weighted by Crippen LogP contribution is 2.21. The first kappa shape index (κ1) is 17.5. The number of rotatable bonds is 4. The molecule has 3 rings (SSSR count). The largest absolute Gasteiger partial charge is 0.481 e. The molecular formula is C21H20N2O3. The maximum Gasteiger partial charge on any atom is 0.279 e. The van der Waals surface area contributed by atoms with E-state index in [0.29, 0.717) is 11.3 Å². The van der Waals surface area contributed by atoms with Gasteiger partial charge in [-0.15, -0.1) is 0 Å². The van der Waals surface area contributed by atoms with Crippen LogP contribution in [0.25, 0.3) is 10.8 Å². The molecule has 26 heavy (non-hydrogen) atoms. The van der Waals surface area contributed by atoms with Gasteiger partial charge in [0.1, 0.15) is 5.75 Å². The third kappa shape index (κ3) is 4.19. The molecule has 3 aromatic carbocycles. The number of benzene rings is 3. The van der Waals surface area contributed by atoms with Crippen molar-refractivity contribution in [1.82, 2.24) is 10.9 Å². The Morgan fingerprint density at radius 1 is 0.885 bits per heavy atom. The van der Waals surface area contributed by atoms with Crippen LogP contribution in [0.4, 0.5) is 0 Å². The highest BCUT2D eigenvalue weighted by atomic mass is 16.5. The van der Waals surface area contributed by atoms with Crippen LogP contribution in [0.3, 0.4) is 0 Å². The zero-order chi connectivity index (χ0) is 18.5. The molecule has 0 aliphatic carbocycles. The molecule has 1 atom stereocenters. The molecule has 0 bridgehead atoms. The maximum absolute atomic E-state index is 12.2. The molecule has 0 radical (unpaired) electrons. The SMILES string of the molecule is Cc1ccc(C(=O)NNC(=O)[C@@H](C)Oc2ccc3ccccc3c2)cc1. The molecule has 2 N–H and O–H groups in total. The van der Waals surface area contributed by atoms with Gasteiger partial charge in [-0.05, 0) is 48.9 Å². The van der Waals surface area contributed by atoms with Gasteiger partial charge in [0.05, 0.1) is 0 Å². The molecule has 0 unspecified atom stereocenters. The molecule has 0 fully saturated rings. The van der Waals surface area contributed by atoms with Gasteiger partial charge in [-0.3, -0.25) is 20.4 Å². The first-order valence-corrected chi connectivity index (χ1v) is 8.35. The van der Waals surface area contributed by atoms with Crippen molar-refractivity contribution in [1.29, 1.82) is 0 Å². The van der Waals surface area contributed by atoms with Crippen LogP contribution >= 0.6 is 0 Å². The molecule has 0 saturated heterocycles. The molecule has 132 valence electrons. The highest BCUT2D eigenvalue weighted by Gasteiger charge is 2.16. The van der Waals surface area contributed by atoms with E-state index in [1.807, 2.05) is 61.5 Å². The van der Waals surface area contributed by atoms with Gasteiger partial charge < -0.3 is 4.74 Å². The second kappa shape index (κ2) is 7.70. The van der Waals surface area contributed by atoms with E-state index < -0.39 is 12.0 Å². The van der Waals surface area contributed by atoms with Gasteiger partial charge in [-0.1, -0.05) is 48.0 Å². The molecule has 0 aliphatic rings. The topological polar surface area (TPSA) is 67.4 Å². The number of carbonyl (C=O) groups excluding carboxylic acids is 2. The zero-order valence-electron chi connectivity index (χ0n) is 14.7. The Morgan fingerprint density at radius 3 is 2.31 bits per heavy atom. The lowest BCUT2D eigenvalue weighted by atomic mass is 10.1. The van der Waals surface area contributed by atoms with Gasteiger partial charge >= 0.3 is 0 Å². The lowest BCUT2D eigenvalue weighted by Gasteiger charge is -2.15. The smallest absolute Gasteiger partial charge is 0.279 e. The van der Waals surface area contributed by atoms with Crippen molar-refractivity contribution in [2.24, 2.45) is 0 Å². The molecule has 0 spiro atoms. The minimum absolute atomic E-state index is 0.378. The van der Waals surface area contributed by atoms with Gasteiger partial charge in [0, 0.05) is 5.56 Å². The normalized spacial score (nSPS) is 11.6. The summed E-state index contributed by atoms with van der Waals surface area (Å²) in [7, 11) is 0. The molecule has 2 amide bonds. The van der Waals surface area contributed by atoms with Crippen LogP contribution in [0.1, 0.15) is 22.8 Å². The number of hydrogen-bond donors (Lipinski definition) is 2. The Balaban J connectivity index is 1.56. The van der Waals surface area contributed by atoms with Crippen LogP contribution in [0, 0.1) is 6.92 Å². The number of amides is 2. The van der Waals surface area contributed by atoms with Crippen LogP contribution < -0.4 is 15.6 Å². The number of ether oxygens (including phenoxy) is 1. The van der Waals surface area contributed by atoms with Crippen LogP contribution in [-0.4, -0.2) is 17.9 Å². The van der Waals surface area contributed by atoms with Crippen molar-refractivity contribution in [2.45, 2.75) is 20.0 Å². The third-order valence-corrected chi connectivity index (χ3v) is 4.02. The third-order valence-electron chi connectivity index (χ3n) is 4.02. The first-order valence-electron chi connectivity index (χ1n) is 8.35. The van der Waals surface area contributed by atoms with Crippen molar-refractivity contribution in [2.75, 3.05) is 0 Å². The number of carbonyl (C=O) groups is 2. The first-order chi connectivity index (χ1) is 12.5. The van der Waals surface area contributed by atoms with E-state index in [-0.39, 0.29) is 5.91 Å². The number of nitrogens with one attached hydrogen (secondary N) is 2. The second-order valence-corrected chi connectivity index (χ2v) is 6.08. The summed E-state index contributed by atoms with van der Waals surface area (Å²) in [5.74, 6) is -0.217. The van der Waals surface area contributed by atoms with Gasteiger partial charge in [-0.25, -0.2) is 0 Å². The zero-order valence-corrected chi connectivity index (χ0v) is 14.7. The summed E-state index contributed by atoms with van der Waals surface area (Å²) in [6.45, 7) is 3.57. The van der Waals surface area contributed by atoms with Gasteiger partial charge in [0.2, 0.25) is 0 Å². The van der Waals surface area contributed by atoms with Crippen molar-refractivity contribution in [3.8, 4) is 5.75 Å². The summed E-state index contributed by atoms with van der Waals surface area (Å²) in [5, 5.41) is 2.13. The average molecular weight is 348 g/mol. The van der Waals surface area contributed by atoms with E-state index in [2.05, 4.69) is 10.9 Å². The predicted octanol–water partition coefficient (Wildman–Crippen LogP) is 3.38. The lowest BCUT2D eigenvalue weighted by molar-refractivity contribution is -0.128. The highest BCUT2D eigenvalue weighted by molar-refractivity contribution is 5.95. The Labute approximate surface area is 152 Å². The molecular weight excluding hydrogens is 328 g/mol. The number of aryl methyl sites for hydroxylation is 1. The molecule has 5 nitrogen and oxygen atoms in total. The summed E-state index contributed by atoms with van der Waals surface area (Å²) in [6.07, 6.45) is -0.755. The van der Waals surface area contributed by atoms with Gasteiger partial charge in [0.15, 0.2) is 6.10 Å². The fraction of sp³-hybridized carbons (Fsp3) is 0.143. The molecule has 0 heterocycles. The van der Waals surface area contributed by atoms with E-state index in [1.54, 1.807) is 19.1 Å². The number of hydrazine groups is 1. The summed E-state index contributed by atoms with van der Waals surface area (Å²) in [5.41, 5.74) is 6.31. The van der Waals surface area contributed by atoms with Crippen LogP contribution in [-0.2, 0) is 4.79 Å². The predicted molar refractivity (Wildman–Crippen MR) is 101 cm³/mol. The molecule has 3 aromatic rings. The summed E-state index contributed by atoms with van der Waals surface area (Å²) in [6, 6.07) is 20.6. The van der Waals surface area contributed by atoms with Crippen molar-refractivity contribution >= 4 is 22.6 Å². The maximum atomic E-state index is 12.2. The minimum Gasteiger partial charge on any atom is -0.481 e. The monoisotopic (exact) mass is 348 g/mol. The molecule has 0 aliphatic heterocycles. The molecule has 0 saturated carbocycles. The van der Waals surface area contributed by atoms with Crippen LogP contribution in [0.5, 0.6) is 5.75 Å². The van der Waals surface area contributed by atoms with E-state index in [9.17, 15) is 9.59 Å². The standard InChI is InChI=1S/C21H20N2O3/c1-14-7-9-17(10-8-14)21(25)23-22-20(24)15(2)26-19-12-11-16-5-3-4-6-18(16)13-19/h3-13,15H,1-2H3,(H,22,24)(H,23,25)/t15-/m1/s1. The van der Waals surface area contributed by atoms with Crippen LogP contribution in [0.15, 0.2) is 66.7 Å². The Bertz CT molecular complexity index is 935. The second-order valence-electron chi connectivity index (χ2n) is 6.08. The van der Waals surface area contributed by atoms with Crippen molar-refractivity contribution < 1.29 is 14.3 Å². The van der Waals surface area contributed by atoms with E-state index in [1.165, 1.54) is 0 Å². The quantitative estimate of drug-likeness (QED) is 0.710. The van der Waals surface area contributed by atoms with E-state index in [4.69, 9.17) is 4.74 Å². The van der Waals surface area contributed by atoms with E-state index >= 15 is 0 Å². The number of fused-ring (bicyclic) bond motifs is 1. The van der Waals surface area contributed by atoms with Crippen molar-refractivity contribution in [3.63, 3.8) is 0 Å². The summed E-state index contributed by atoms with van der Waals surface area (Å²) < 4.78 is 5.67. The molecule has 5 heteroatoms.